The maximum atomic E-state index is 13.1. The maximum absolute atomic E-state index is 13.1. The standard InChI is InChI=1S/C21H29N3O2/c1-15(2)24-10-5-8-21(20(24)26)9-11-23(14-21)19(25)17-12-16-6-3-4-7-18(16)22-13-17/h12-13,15H,3-11,14H2,1-2H3/t21-/m0/s1. The molecule has 0 radical (unpaired) electrons. The Balaban J connectivity index is 1.51. The van der Waals surface area contributed by atoms with Gasteiger partial charge in [-0.25, -0.2) is 0 Å². The van der Waals surface area contributed by atoms with Crippen LogP contribution in [0.1, 0.15) is 67.6 Å². The first-order chi connectivity index (χ1) is 12.5. The summed E-state index contributed by atoms with van der Waals surface area (Å²) >= 11 is 0. The van der Waals surface area contributed by atoms with E-state index in [1.807, 2.05) is 15.9 Å². The number of aromatic nitrogens is 1. The van der Waals surface area contributed by atoms with Gasteiger partial charge in [0, 0.05) is 37.6 Å². The molecule has 2 saturated heterocycles. The summed E-state index contributed by atoms with van der Waals surface area (Å²) in [6.45, 7) is 6.24. The van der Waals surface area contributed by atoms with E-state index in [0.717, 1.165) is 44.3 Å². The number of amides is 2. The van der Waals surface area contributed by atoms with Crippen molar-refractivity contribution in [1.82, 2.24) is 14.8 Å². The predicted octanol–water partition coefficient (Wildman–Crippen LogP) is 2.82. The predicted molar refractivity (Wildman–Crippen MR) is 99.9 cm³/mol. The number of carbonyl (C=O) groups excluding carboxylic acids is 2. The van der Waals surface area contributed by atoms with E-state index in [0.29, 0.717) is 18.7 Å². The van der Waals surface area contributed by atoms with Gasteiger partial charge in [-0.2, -0.15) is 0 Å². The lowest BCUT2D eigenvalue weighted by Crippen LogP contribution is -2.52. The van der Waals surface area contributed by atoms with Crippen molar-refractivity contribution in [2.24, 2.45) is 5.41 Å². The third-order valence-corrected chi connectivity index (χ3v) is 6.45. The van der Waals surface area contributed by atoms with Crippen molar-refractivity contribution in [2.45, 2.75) is 64.8 Å². The van der Waals surface area contributed by atoms with Crippen LogP contribution in [0, 0.1) is 5.41 Å². The monoisotopic (exact) mass is 355 g/mol. The number of likely N-dealkylation sites (tertiary alicyclic amines) is 2. The molecule has 0 unspecified atom stereocenters. The summed E-state index contributed by atoms with van der Waals surface area (Å²) in [5.41, 5.74) is 2.71. The average Bonchev–Trinajstić information content (AvgIpc) is 3.08. The summed E-state index contributed by atoms with van der Waals surface area (Å²) in [6, 6.07) is 2.27. The second-order valence-electron chi connectivity index (χ2n) is 8.49. The third-order valence-electron chi connectivity index (χ3n) is 6.45. The second-order valence-corrected chi connectivity index (χ2v) is 8.49. The van der Waals surface area contributed by atoms with Crippen molar-refractivity contribution in [2.75, 3.05) is 19.6 Å². The first-order valence-electron chi connectivity index (χ1n) is 10.1. The zero-order valence-corrected chi connectivity index (χ0v) is 16.0. The van der Waals surface area contributed by atoms with E-state index in [9.17, 15) is 9.59 Å². The van der Waals surface area contributed by atoms with E-state index < -0.39 is 0 Å². The van der Waals surface area contributed by atoms with Crippen LogP contribution in [0.2, 0.25) is 0 Å². The van der Waals surface area contributed by atoms with Crippen LogP contribution in [0.3, 0.4) is 0 Å². The van der Waals surface area contributed by atoms with Crippen LogP contribution in [0.25, 0.3) is 0 Å². The van der Waals surface area contributed by atoms with Crippen LogP contribution in [0.5, 0.6) is 0 Å². The van der Waals surface area contributed by atoms with Crippen molar-refractivity contribution < 1.29 is 9.59 Å². The lowest BCUT2D eigenvalue weighted by Gasteiger charge is -2.41. The lowest BCUT2D eigenvalue weighted by molar-refractivity contribution is -0.147. The van der Waals surface area contributed by atoms with Gasteiger partial charge in [0.25, 0.3) is 5.91 Å². The average molecular weight is 355 g/mol. The van der Waals surface area contributed by atoms with Crippen LogP contribution in [-0.4, -0.2) is 52.3 Å². The molecule has 0 saturated carbocycles. The van der Waals surface area contributed by atoms with E-state index in [4.69, 9.17) is 0 Å². The molecule has 1 atom stereocenters. The number of rotatable bonds is 2. The quantitative estimate of drug-likeness (QED) is 0.820. The van der Waals surface area contributed by atoms with E-state index in [-0.39, 0.29) is 23.3 Å². The smallest absolute Gasteiger partial charge is 0.255 e. The van der Waals surface area contributed by atoms with Crippen LogP contribution in [0.15, 0.2) is 12.3 Å². The minimum atomic E-state index is -0.361. The minimum Gasteiger partial charge on any atom is -0.340 e. The van der Waals surface area contributed by atoms with Crippen LogP contribution < -0.4 is 0 Å². The second kappa shape index (κ2) is 6.67. The van der Waals surface area contributed by atoms with Gasteiger partial charge in [0.2, 0.25) is 5.91 Å². The normalized spacial score (nSPS) is 25.9. The third kappa shape index (κ3) is 2.91. The fraction of sp³-hybridized carbons (Fsp3) is 0.667. The Morgan fingerprint density at radius 3 is 2.77 bits per heavy atom. The van der Waals surface area contributed by atoms with Gasteiger partial charge in [0.05, 0.1) is 11.0 Å². The number of pyridine rings is 1. The van der Waals surface area contributed by atoms with Gasteiger partial charge >= 0.3 is 0 Å². The Morgan fingerprint density at radius 1 is 1.15 bits per heavy atom. The highest BCUT2D eigenvalue weighted by atomic mass is 16.2. The molecule has 2 amide bonds. The molecule has 1 spiro atoms. The van der Waals surface area contributed by atoms with Crippen molar-refractivity contribution in [1.29, 1.82) is 0 Å². The molecule has 5 heteroatoms. The molecule has 3 heterocycles. The van der Waals surface area contributed by atoms with Gasteiger partial charge in [-0.1, -0.05) is 0 Å². The zero-order valence-electron chi connectivity index (χ0n) is 16.0. The molecule has 140 valence electrons. The van der Waals surface area contributed by atoms with E-state index in [1.54, 1.807) is 6.20 Å². The SMILES string of the molecule is CC(C)N1CCC[C@@]2(CCN(C(=O)c3cnc4c(c3)CCCC4)C2)C1=O. The molecule has 2 aliphatic heterocycles. The fourth-order valence-corrected chi connectivity index (χ4v) is 4.91. The molecule has 0 bridgehead atoms. The number of aryl methyl sites for hydroxylation is 2. The van der Waals surface area contributed by atoms with Crippen LogP contribution >= 0.6 is 0 Å². The maximum Gasteiger partial charge on any atom is 0.255 e. The molecule has 3 aliphatic rings. The summed E-state index contributed by atoms with van der Waals surface area (Å²) < 4.78 is 0. The van der Waals surface area contributed by atoms with Gasteiger partial charge in [-0.05, 0) is 70.4 Å². The molecule has 1 aliphatic carbocycles. The molecule has 5 nitrogen and oxygen atoms in total. The van der Waals surface area contributed by atoms with Gasteiger partial charge in [0.1, 0.15) is 0 Å². The van der Waals surface area contributed by atoms with E-state index in [2.05, 4.69) is 18.8 Å². The number of hydrogen-bond acceptors (Lipinski definition) is 3. The van der Waals surface area contributed by atoms with Gasteiger partial charge in [-0.15, -0.1) is 0 Å². The largest absolute Gasteiger partial charge is 0.340 e. The van der Waals surface area contributed by atoms with Gasteiger partial charge in [-0.3, -0.25) is 14.6 Å². The Hall–Kier alpha value is -1.91. The summed E-state index contributed by atoms with van der Waals surface area (Å²) in [5.74, 6) is 0.287. The highest BCUT2D eigenvalue weighted by Gasteiger charge is 2.49. The summed E-state index contributed by atoms with van der Waals surface area (Å²) in [7, 11) is 0. The van der Waals surface area contributed by atoms with Crippen molar-refractivity contribution in [3.63, 3.8) is 0 Å². The first-order valence-corrected chi connectivity index (χ1v) is 10.1. The lowest BCUT2D eigenvalue weighted by atomic mass is 9.78. The van der Waals surface area contributed by atoms with Crippen molar-refractivity contribution in [3.05, 3.63) is 29.1 Å². The Bertz CT molecular complexity index is 730. The molecule has 0 N–H and O–H groups in total. The molecular formula is C21H29N3O2. The topological polar surface area (TPSA) is 53.5 Å². The van der Waals surface area contributed by atoms with E-state index >= 15 is 0 Å². The van der Waals surface area contributed by atoms with Crippen molar-refractivity contribution in [3.8, 4) is 0 Å². The first kappa shape index (κ1) is 17.5. The van der Waals surface area contributed by atoms with Crippen LogP contribution in [-0.2, 0) is 17.6 Å². The summed E-state index contributed by atoms with van der Waals surface area (Å²) in [5, 5.41) is 0. The number of piperidine rings is 1. The van der Waals surface area contributed by atoms with Gasteiger partial charge < -0.3 is 9.80 Å². The minimum absolute atomic E-state index is 0.0391. The molecule has 0 aromatic carbocycles. The number of fused-ring (bicyclic) bond motifs is 1. The fourth-order valence-electron chi connectivity index (χ4n) is 4.91. The van der Waals surface area contributed by atoms with Crippen molar-refractivity contribution >= 4 is 11.8 Å². The Kier molecular flexibility index (Phi) is 4.49. The summed E-state index contributed by atoms with van der Waals surface area (Å²) in [6.07, 6.45) is 8.88. The Morgan fingerprint density at radius 2 is 1.96 bits per heavy atom. The molecule has 26 heavy (non-hydrogen) atoms. The summed E-state index contributed by atoms with van der Waals surface area (Å²) in [4.78, 5) is 34.5. The highest BCUT2D eigenvalue weighted by molar-refractivity contribution is 5.95. The number of nitrogens with zero attached hydrogens (tertiary/aromatic N) is 3. The zero-order chi connectivity index (χ0) is 18.3. The molecule has 1 aromatic heterocycles. The van der Waals surface area contributed by atoms with E-state index in [1.165, 1.54) is 18.4 Å². The molecule has 1 aromatic rings. The number of carbonyl (C=O) groups is 2. The molecular weight excluding hydrogens is 326 g/mol. The Labute approximate surface area is 155 Å². The molecule has 4 rings (SSSR count). The highest BCUT2D eigenvalue weighted by Crippen LogP contribution is 2.41. The van der Waals surface area contributed by atoms with Crippen LogP contribution in [0.4, 0.5) is 0 Å². The number of hydrogen-bond donors (Lipinski definition) is 0. The molecule has 2 fully saturated rings. The van der Waals surface area contributed by atoms with Gasteiger partial charge in [0.15, 0.2) is 0 Å².